The van der Waals surface area contributed by atoms with Crippen molar-refractivity contribution in [3.63, 3.8) is 0 Å². The molecule has 3 unspecified atom stereocenters. The van der Waals surface area contributed by atoms with Crippen LogP contribution in [-0.2, 0) is 19.1 Å². The van der Waals surface area contributed by atoms with E-state index in [0.717, 1.165) is 45.2 Å². The lowest BCUT2D eigenvalue weighted by molar-refractivity contribution is -0.171. The second-order valence-corrected chi connectivity index (χ2v) is 11.1. The first-order chi connectivity index (χ1) is 14.3. The maximum Gasteiger partial charge on any atom is 0.324 e. The van der Waals surface area contributed by atoms with Crippen LogP contribution in [0.4, 0.5) is 0 Å². The Balaban J connectivity index is 1.30. The third-order valence-corrected chi connectivity index (χ3v) is 9.73. The van der Waals surface area contributed by atoms with Crippen LogP contribution < -0.4 is 10.6 Å². The maximum absolute atomic E-state index is 13.3. The lowest BCUT2D eigenvalue weighted by Gasteiger charge is -2.59. The molecule has 5 aliphatic rings. The normalized spacial score (nSPS) is 48.5. The average Bonchev–Trinajstić information content (AvgIpc) is 3.04. The van der Waals surface area contributed by atoms with Gasteiger partial charge in [0.25, 0.3) is 0 Å². The Kier molecular flexibility index (Phi) is 5.09. The van der Waals surface area contributed by atoms with Crippen molar-refractivity contribution >= 4 is 17.5 Å². The van der Waals surface area contributed by atoms with Crippen LogP contribution in [0.25, 0.3) is 0 Å². The van der Waals surface area contributed by atoms with Gasteiger partial charge in [-0.2, -0.15) is 0 Å². The highest BCUT2D eigenvalue weighted by Crippen LogP contribution is 2.64. The van der Waals surface area contributed by atoms with E-state index in [0.29, 0.717) is 55.1 Å². The molecule has 4 aliphatic carbocycles. The monoisotopic (exact) mass is 416 g/mol. The number of fused-ring (bicyclic) bond motifs is 5. The first-order valence-corrected chi connectivity index (χ1v) is 12.0. The van der Waals surface area contributed by atoms with E-state index in [4.69, 9.17) is 4.74 Å². The summed E-state index contributed by atoms with van der Waals surface area (Å²) in [6.45, 7) is 6.73. The topological polar surface area (TPSA) is 84.5 Å². The number of piperazine rings is 1. The Morgan fingerprint density at radius 3 is 2.67 bits per heavy atom. The second kappa shape index (κ2) is 7.40. The van der Waals surface area contributed by atoms with Crippen LogP contribution in [0.2, 0.25) is 0 Å². The van der Waals surface area contributed by atoms with Crippen LogP contribution in [0.3, 0.4) is 0 Å². The fourth-order valence-corrected chi connectivity index (χ4v) is 7.95. The summed E-state index contributed by atoms with van der Waals surface area (Å²) in [6, 6.07) is -0.283. The smallest absolute Gasteiger partial charge is 0.324 e. The van der Waals surface area contributed by atoms with Gasteiger partial charge in [0.05, 0.1) is 0 Å². The molecule has 1 aliphatic heterocycles. The fourth-order valence-electron chi connectivity index (χ4n) is 7.95. The SMILES string of the molecule is C[C@]12CCC(OC(=O)C3CNCCN3)CC1C(=O)C[C@@H]1[C@H]2CC[C@]2(C)C(=O)CC[C@@H]12. The Hall–Kier alpha value is -1.27. The summed E-state index contributed by atoms with van der Waals surface area (Å²) >= 11 is 0. The molecule has 0 amide bonds. The van der Waals surface area contributed by atoms with E-state index < -0.39 is 0 Å². The summed E-state index contributed by atoms with van der Waals surface area (Å²) in [6.07, 6.45) is 6.62. The summed E-state index contributed by atoms with van der Waals surface area (Å²) in [5, 5.41) is 6.44. The van der Waals surface area contributed by atoms with Crippen molar-refractivity contribution < 1.29 is 19.1 Å². The highest BCUT2D eigenvalue weighted by molar-refractivity contribution is 5.88. The van der Waals surface area contributed by atoms with E-state index in [-0.39, 0.29) is 34.9 Å². The van der Waals surface area contributed by atoms with Crippen molar-refractivity contribution in [3.8, 4) is 0 Å². The molecule has 1 saturated heterocycles. The molecule has 5 rings (SSSR count). The van der Waals surface area contributed by atoms with Gasteiger partial charge in [-0.05, 0) is 61.7 Å². The minimum absolute atomic E-state index is 0.01000. The molecule has 1 heterocycles. The molecule has 0 aromatic heterocycles. The van der Waals surface area contributed by atoms with E-state index in [1.165, 1.54) is 0 Å². The number of carbonyl (C=O) groups is 3. The van der Waals surface area contributed by atoms with Crippen molar-refractivity contribution in [2.45, 2.75) is 77.4 Å². The predicted octanol–water partition coefficient (Wildman–Crippen LogP) is 2.25. The number of hydrogen-bond acceptors (Lipinski definition) is 6. The quantitative estimate of drug-likeness (QED) is 0.672. The molecule has 0 aromatic carbocycles. The van der Waals surface area contributed by atoms with Gasteiger partial charge < -0.3 is 15.4 Å². The Morgan fingerprint density at radius 1 is 1.07 bits per heavy atom. The zero-order valence-electron chi connectivity index (χ0n) is 18.4. The molecule has 166 valence electrons. The number of carbonyl (C=O) groups excluding carboxylic acids is 3. The summed E-state index contributed by atoms with van der Waals surface area (Å²) in [4.78, 5) is 38.5. The molecule has 0 radical (unpaired) electrons. The second-order valence-electron chi connectivity index (χ2n) is 11.1. The lowest BCUT2D eigenvalue weighted by atomic mass is 9.45. The van der Waals surface area contributed by atoms with Crippen LogP contribution in [0.5, 0.6) is 0 Å². The zero-order valence-corrected chi connectivity index (χ0v) is 18.4. The van der Waals surface area contributed by atoms with Crippen molar-refractivity contribution in [3.05, 3.63) is 0 Å². The standard InChI is InChI=1S/C24H36N2O4/c1-23-7-5-14(30-22(29)19-13-25-9-10-26-19)11-18(23)20(27)12-15-16-3-4-21(28)24(16,2)8-6-17(15)23/h14-19,25-26H,3-13H2,1-2H3/t14?,15-,16-,17+,18?,19?,23+,24-/m0/s1. The molecule has 0 spiro atoms. The molecule has 6 nitrogen and oxygen atoms in total. The van der Waals surface area contributed by atoms with Gasteiger partial charge >= 0.3 is 5.97 Å². The third-order valence-electron chi connectivity index (χ3n) is 9.73. The molecule has 0 bridgehead atoms. The molecular formula is C24H36N2O4. The van der Waals surface area contributed by atoms with Gasteiger partial charge in [0.15, 0.2) is 0 Å². The van der Waals surface area contributed by atoms with E-state index in [9.17, 15) is 14.4 Å². The van der Waals surface area contributed by atoms with Crippen molar-refractivity contribution in [2.24, 2.45) is 34.5 Å². The number of esters is 1. The number of ether oxygens (including phenoxy) is 1. The number of nitrogens with one attached hydrogen (secondary N) is 2. The molecule has 2 N–H and O–H groups in total. The Morgan fingerprint density at radius 2 is 1.90 bits per heavy atom. The zero-order chi connectivity index (χ0) is 21.1. The predicted molar refractivity (Wildman–Crippen MR) is 112 cm³/mol. The Bertz CT molecular complexity index is 747. The van der Waals surface area contributed by atoms with Gasteiger partial charge in [-0.3, -0.25) is 14.4 Å². The van der Waals surface area contributed by atoms with Gasteiger partial charge in [-0.15, -0.1) is 0 Å². The van der Waals surface area contributed by atoms with E-state index >= 15 is 0 Å². The molecule has 8 atom stereocenters. The van der Waals surface area contributed by atoms with Gasteiger partial charge in [0.1, 0.15) is 23.7 Å². The maximum atomic E-state index is 13.3. The van der Waals surface area contributed by atoms with Gasteiger partial charge in [0.2, 0.25) is 0 Å². The minimum atomic E-state index is -0.283. The van der Waals surface area contributed by atoms with Crippen molar-refractivity contribution in [1.29, 1.82) is 0 Å². The highest BCUT2D eigenvalue weighted by Gasteiger charge is 2.62. The number of rotatable bonds is 2. The summed E-state index contributed by atoms with van der Waals surface area (Å²) in [5.41, 5.74) is -0.209. The largest absolute Gasteiger partial charge is 0.461 e. The lowest BCUT2D eigenvalue weighted by Crippen LogP contribution is -2.58. The fraction of sp³-hybridized carbons (Fsp3) is 0.875. The number of Topliss-reactive ketones (excluding diaryl/α,β-unsaturated/α-hetero) is 2. The van der Waals surface area contributed by atoms with Crippen LogP contribution >= 0.6 is 0 Å². The minimum Gasteiger partial charge on any atom is -0.461 e. The van der Waals surface area contributed by atoms with Crippen LogP contribution in [0.1, 0.15) is 65.2 Å². The number of ketones is 2. The van der Waals surface area contributed by atoms with E-state index in [2.05, 4.69) is 24.5 Å². The number of hydrogen-bond donors (Lipinski definition) is 2. The first kappa shape index (κ1) is 20.6. The van der Waals surface area contributed by atoms with Crippen LogP contribution in [0.15, 0.2) is 0 Å². The molecular weight excluding hydrogens is 380 g/mol. The molecule has 5 fully saturated rings. The van der Waals surface area contributed by atoms with Crippen LogP contribution in [-0.4, -0.2) is 49.3 Å². The van der Waals surface area contributed by atoms with Crippen LogP contribution in [0, 0.1) is 34.5 Å². The highest BCUT2D eigenvalue weighted by atomic mass is 16.5. The van der Waals surface area contributed by atoms with Crippen molar-refractivity contribution in [2.75, 3.05) is 19.6 Å². The van der Waals surface area contributed by atoms with Gasteiger partial charge in [0, 0.05) is 43.8 Å². The molecule has 6 heteroatoms. The van der Waals surface area contributed by atoms with E-state index in [1.807, 2.05) is 0 Å². The van der Waals surface area contributed by atoms with E-state index in [1.54, 1.807) is 0 Å². The van der Waals surface area contributed by atoms with Gasteiger partial charge in [-0.1, -0.05) is 13.8 Å². The third kappa shape index (κ3) is 3.09. The summed E-state index contributed by atoms with van der Waals surface area (Å²) < 4.78 is 5.87. The molecule has 30 heavy (non-hydrogen) atoms. The van der Waals surface area contributed by atoms with Gasteiger partial charge in [-0.25, -0.2) is 0 Å². The van der Waals surface area contributed by atoms with Crippen molar-refractivity contribution in [1.82, 2.24) is 10.6 Å². The molecule has 0 aromatic rings. The molecule has 4 saturated carbocycles. The Labute approximate surface area is 179 Å². The first-order valence-electron chi connectivity index (χ1n) is 12.0. The summed E-state index contributed by atoms with van der Waals surface area (Å²) in [5.74, 6) is 1.84. The summed E-state index contributed by atoms with van der Waals surface area (Å²) in [7, 11) is 0. The average molecular weight is 417 g/mol.